The van der Waals surface area contributed by atoms with Crippen LogP contribution < -0.4 is 5.32 Å². The van der Waals surface area contributed by atoms with Crippen molar-refractivity contribution in [2.24, 2.45) is 0 Å². The summed E-state index contributed by atoms with van der Waals surface area (Å²) in [5.74, 6) is 0. The van der Waals surface area contributed by atoms with E-state index in [0.29, 0.717) is 0 Å². The minimum Gasteiger partial charge on any atom is -0.313 e. The smallest absolute Gasteiger partial charge is 0.0462 e. The molecule has 0 fully saturated rings. The molecule has 0 bridgehead atoms. The molecule has 0 aliphatic rings. The summed E-state index contributed by atoms with van der Waals surface area (Å²) in [5.41, 5.74) is 1.22. The van der Waals surface area contributed by atoms with Crippen molar-refractivity contribution in [2.75, 3.05) is 6.54 Å². The second-order valence-corrected chi connectivity index (χ2v) is 7.38. The van der Waals surface area contributed by atoms with E-state index in [1.807, 2.05) is 23.9 Å². The highest BCUT2D eigenvalue weighted by Gasteiger charge is 2.16. The molecule has 0 unspecified atom stereocenters. The Labute approximate surface area is 114 Å². The Morgan fingerprint density at radius 1 is 1.29 bits per heavy atom. The lowest BCUT2D eigenvalue weighted by molar-refractivity contribution is 0.669. The lowest BCUT2D eigenvalue weighted by atomic mass is 10.2. The monoisotopic (exact) mass is 271 g/mol. The Morgan fingerprint density at radius 2 is 2.00 bits per heavy atom. The van der Waals surface area contributed by atoms with E-state index in [0.717, 1.165) is 24.5 Å². The maximum atomic E-state index is 6.28. The zero-order valence-corrected chi connectivity index (χ0v) is 12.7. The highest BCUT2D eigenvalue weighted by Crippen LogP contribution is 2.36. The Bertz CT molecular complexity index is 358. The van der Waals surface area contributed by atoms with E-state index in [-0.39, 0.29) is 4.75 Å². The molecule has 0 aliphatic heterocycles. The van der Waals surface area contributed by atoms with Crippen LogP contribution in [0.2, 0.25) is 5.02 Å². The summed E-state index contributed by atoms with van der Waals surface area (Å²) in [6.07, 6.45) is 1.15. The van der Waals surface area contributed by atoms with Crippen LogP contribution in [-0.2, 0) is 6.54 Å². The molecule has 0 atom stereocenters. The van der Waals surface area contributed by atoms with E-state index in [2.05, 4.69) is 39.1 Å². The standard InChI is InChI=1S/C14H22ClNS/c1-5-9-16-10-11-12(15)7-6-8-13(11)17-14(2,3)4/h6-8,16H,5,9-10H2,1-4H3. The highest BCUT2D eigenvalue weighted by atomic mass is 35.5. The van der Waals surface area contributed by atoms with Crippen LogP contribution in [0.5, 0.6) is 0 Å². The predicted molar refractivity (Wildman–Crippen MR) is 79.1 cm³/mol. The topological polar surface area (TPSA) is 12.0 Å². The molecule has 0 radical (unpaired) electrons. The summed E-state index contributed by atoms with van der Waals surface area (Å²) in [6.45, 7) is 10.7. The molecule has 1 aromatic rings. The van der Waals surface area contributed by atoms with Gasteiger partial charge >= 0.3 is 0 Å². The van der Waals surface area contributed by atoms with E-state index in [1.54, 1.807) is 0 Å². The van der Waals surface area contributed by atoms with Crippen LogP contribution in [0, 0.1) is 0 Å². The first-order chi connectivity index (χ1) is 7.94. The zero-order valence-electron chi connectivity index (χ0n) is 11.1. The number of benzene rings is 1. The van der Waals surface area contributed by atoms with Crippen LogP contribution >= 0.6 is 23.4 Å². The average Bonchev–Trinajstić information content (AvgIpc) is 2.20. The second-order valence-electron chi connectivity index (χ2n) is 5.11. The van der Waals surface area contributed by atoms with Crippen LogP contribution in [0.15, 0.2) is 23.1 Å². The van der Waals surface area contributed by atoms with Gasteiger partial charge in [0.05, 0.1) is 0 Å². The van der Waals surface area contributed by atoms with E-state index >= 15 is 0 Å². The van der Waals surface area contributed by atoms with Crippen molar-refractivity contribution in [1.29, 1.82) is 0 Å². The molecule has 0 spiro atoms. The molecule has 17 heavy (non-hydrogen) atoms. The number of hydrogen-bond acceptors (Lipinski definition) is 2. The van der Waals surface area contributed by atoms with E-state index in [1.165, 1.54) is 10.5 Å². The third kappa shape index (κ3) is 5.33. The number of hydrogen-bond donors (Lipinski definition) is 1. The van der Waals surface area contributed by atoms with Crippen LogP contribution in [0.4, 0.5) is 0 Å². The molecule has 1 nitrogen and oxygen atoms in total. The van der Waals surface area contributed by atoms with Crippen LogP contribution in [0.3, 0.4) is 0 Å². The van der Waals surface area contributed by atoms with Gasteiger partial charge in [-0.05, 0) is 30.7 Å². The first-order valence-corrected chi connectivity index (χ1v) is 7.30. The molecule has 1 aromatic carbocycles. The third-order valence-corrected chi connectivity index (χ3v) is 3.79. The summed E-state index contributed by atoms with van der Waals surface area (Å²) in [7, 11) is 0. The van der Waals surface area contributed by atoms with Gasteiger partial charge in [0.1, 0.15) is 0 Å². The molecule has 96 valence electrons. The third-order valence-electron chi connectivity index (χ3n) is 2.22. The first-order valence-electron chi connectivity index (χ1n) is 6.11. The number of thioether (sulfide) groups is 1. The highest BCUT2D eigenvalue weighted by molar-refractivity contribution is 8.00. The van der Waals surface area contributed by atoms with Crippen molar-refractivity contribution in [3.05, 3.63) is 28.8 Å². The molecular weight excluding hydrogens is 250 g/mol. The van der Waals surface area contributed by atoms with Gasteiger partial charge in [-0.2, -0.15) is 0 Å². The Kier molecular flexibility index (Phi) is 5.84. The average molecular weight is 272 g/mol. The Morgan fingerprint density at radius 3 is 2.59 bits per heavy atom. The normalized spacial score (nSPS) is 11.8. The quantitative estimate of drug-likeness (QED) is 0.614. The van der Waals surface area contributed by atoms with Crippen molar-refractivity contribution >= 4 is 23.4 Å². The Balaban J connectivity index is 2.84. The van der Waals surface area contributed by atoms with Crippen LogP contribution in [-0.4, -0.2) is 11.3 Å². The molecule has 0 aromatic heterocycles. The maximum absolute atomic E-state index is 6.28. The predicted octanol–water partition coefficient (Wildman–Crippen LogP) is 4.73. The molecule has 0 aliphatic carbocycles. The van der Waals surface area contributed by atoms with Crippen LogP contribution in [0.25, 0.3) is 0 Å². The van der Waals surface area contributed by atoms with Crippen molar-refractivity contribution in [3.63, 3.8) is 0 Å². The maximum Gasteiger partial charge on any atom is 0.0462 e. The van der Waals surface area contributed by atoms with Gasteiger partial charge < -0.3 is 5.32 Å². The molecule has 0 saturated heterocycles. The van der Waals surface area contributed by atoms with Crippen molar-refractivity contribution in [2.45, 2.75) is 50.3 Å². The lowest BCUT2D eigenvalue weighted by Crippen LogP contribution is -2.16. The SMILES string of the molecule is CCCNCc1c(Cl)cccc1SC(C)(C)C. The summed E-state index contributed by atoms with van der Waals surface area (Å²) in [4.78, 5) is 1.29. The summed E-state index contributed by atoms with van der Waals surface area (Å²) < 4.78 is 0.212. The van der Waals surface area contributed by atoms with Gasteiger partial charge in [-0.25, -0.2) is 0 Å². The fraction of sp³-hybridized carbons (Fsp3) is 0.571. The molecular formula is C14H22ClNS. The fourth-order valence-electron chi connectivity index (χ4n) is 1.53. The molecule has 0 heterocycles. The molecule has 1 rings (SSSR count). The van der Waals surface area contributed by atoms with Gasteiger partial charge in [0.2, 0.25) is 0 Å². The minimum atomic E-state index is 0.212. The number of halogens is 1. The largest absolute Gasteiger partial charge is 0.313 e. The lowest BCUT2D eigenvalue weighted by Gasteiger charge is -2.20. The molecule has 0 amide bonds. The number of nitrogens with one attached hydrogen (secondary N) is 1. The molecule has 0 saturated carbocycles. The fourth-order valence-corrected chi connectivity index (χ4v) is 2.94. The van der Waals surface area contributed by atoms with Crippen molar-refractivity contribution in [3.8, 4) is 0 Å². The van der Waals surface area contributed by atoms with E-state index in [4.69, 9.17) is 11.6 Å². The Hall–Kier alpha value is -0.180. The van der Waals surface area contributed by atoms with Gasteiger partial charge in [-0.3, -0.25) is 0 Å². The van der Waals surface area contributed by atoms with Gasteiger partial charge in [-0.1, -0.05) is 45.4 Å². The van der Waals surface area contributed by atoms with Crippen LogP contribution in [0.1, 0.15) is 39.7 Å². The van der Waals surface area contributed by atoms with Gasteiger partial charge in [0.25, 0.3) is 0 Å². The molecule has 1 N–H and O–H groups in total. The van der Waals surface area contributed by atoms with E-state index in [9.17, 15) is 0 Å². The first kappa shape index (κ1) is 14.9. The van der Waals surface area contributed by atoms with Gasteiger partial charge in [-0.15, -0.1) is 11.8 Å². The molecule has 3 heteroatoms. The second kappa shape index (κ2) is 6.67. The zero-order chi connectivity index (χ0) is 12.9. The van der Waals surface area contributed by atoms with Crippen molar-refractivity contribution in [1.82, 2.24) is 5.32 Å². The van der Waals surface area contributed by atoms with Crippen molar-refractivity contribution < 1.29 is 0 Å². The summed E-state index contributed by atoms with van der Waals surface area (Å²) >= 11 is 8.16. The van der Waals surface area contributed by atoms with Gasteiger partial charge in [0.15, 0.2) is 0 Å². The summed E-state index contributed by atoms with van der Waals surface area (Å²) in [6, 6.07) is 6.15. The van der Waals surface area contributed by atoms with E-state index < -0.39 is 0 Å². The summed E-state index contributed by atoms with van der Waals surface area (Å²) in [5, 5.41) is 4.28. The van der Waals surface area contributed by atoms with Gasteiger partial charge in [0, 0.05) is 21.2 Å². The number of rotatable bonds is 5. The minimum absolute atomic E-state index is 0.212.